The summed E-state index contributed by atoms with van der Waals surface area (Å²) in [4.78, 5) is 23.2. The molecule has 1 aliphatic rings. The molecule has 1 aromatic carbocycles. The molecule has 2 N–H and O–H groups in total. The SMILES string of the molecule is COc1cccc(C2CC2C(=O)NCc2cc(C(=O)O)c(C)o2)c1. The second-order valence-corrected chi connectivity index (χ2v) is 5.93. The van der Waals surface area contributed by atoms with Crippen molar-refractivity contribution in [2.45, 2.75) is 25.8 Å². The third-order valence-electron chi connectivity index (χ3n) is 4.29. The zero-order valence-corrected chi connectivity index (χ0v) is 13.5. The van der Waals surface area contributed by atoms with Crippen molar-refractivity contribution in [3.63, 3.8) is 0 Å². The van der Waals surface area contributed by atoms with E-state index in [-0.39, 0.29) is 29.9 Å². The van der Waals surface area contributed by atoms with Gasteiger partial charge in [0.25, 0.3) is 0 Å². The Morgan fingerprint density at radius 2 is 2.17 bits per heavy atom. The number of benzene rings is 1. The Morgan fingerprint density at radius 1 is 1.38 bits per heavy atom. The smallest absolute Gasteiger partial charge is 0.339 e. The van der Waals surface area contributed by atoms with E-state index in [1.54, 1.807) is 14.0 Å². The number of carboxylic acid groups (broad SMARTS) is 1. The summed E-state index contributed by atoms with van der Waals surface area (Å²) in [6.07, 6.45) is 0.802. The molecule has 126 valence electrons. The molecular weight excluding hydrogens is 310 g/mol. The van der Waals surface area contributed by atoms with Crippen molar-refractivity contribution >= 4 is 11.9 Å². The first-order chi connectivity index (χ1) is 11.5. The fourth-order valence-corrected chi connectivity index (χ4v) is 2.87. The number of hydrogen-bond acceptors (Lipinski definition) is 4. The summed E-state index contributed by atoms with van der Waals surface area (Å²) in [5, 5.41) is 11.8. The second kappa shape index (κ2) is 6.39. The molecule has 0 saturated heterocycles. The number of methoxy groups -OCH3 is 1. The molecule has 1 saturated carbocycles. The number of nitrogens with one attached hydrogen (secondary N) is 1. The highest BCUT2D eigenvalue weighted by atomic mass is 16.5. The minimum Gasteiger partial charge on any atom is -0.497 e. The predicted octanol–water partition coefficient (Wildman–Crippen LogP) is 2.71. The minimum atomic E-state index is -1.03. The number of amides is 1. The molecule has 0 spiro atoms. The molecular formula is C18H19NO5. The summed E-state index contributed by atoms with van der Waals surface area (Å²) in [6, 6.07) is 9.19. The lowest BCUT2D eigenvalue weighted by Gasteiger charge is -2.05. The number of rotatable bonds is 6. The average molecular weight is 329 g/mol. The molecule has 1 aromatic heterocycles. The topological polar surface area (TPSA) is 88.8 Å². The second-order valence-electron chi connectivity index (χ2n) is 5.93. The maximum atomic E-state index is 12.2. The van der Waals surface area contributed by atoms with Crippen molar-refractivity contribution < 1.29 is 23.8 Å². The molecule has 2 aromatic rings. The summed E-state index contributed by atoms with van der Waals surface area (Å²) in [7, 11) is 1.62. The monoisotopic (exact) mass is 329 g/mol. The van der Waals surface area contributed by atoms with Gasteiger partial charge >= 0.3 is 5.97 Å². The van der Waals surface area contributed by atoms with Crippen LogP contribution >= 0.6 is 0 Å². The summed E-state index contributed by atoms with van der Waals surface area (Å²) in [6.45, 7) is 1.78. The Kier molecular flexibility index (Phi) is 4.29. The van der Waals surface area contributed by atoms with E-state index >= 15 is 0 Å². The Balaban J connectivity index is 1.57. The van der Waals surface area contributed by atoms with Crippen LogP contribution in [0.1, 0.15) is 39.8 Å². The van der Waals surface area contributed by atoms with Crippen LogP contribution in [0.2, 0.25) is 0 Å². The lowest BCUT2D eigenvalue weighted by atomic mass is 10.1. The molecule has 1 heterocycles. The third-order valence-corrected chi connectivity index (χ3v) is 4.29. The van der Waals surface area contributed by atoms with E-state index in [1.807, 2.05) is 24.3 Å². The van der Waals surface area contributed by atoms with Crippen molar-refractivity contribution in [2.24, 2.45) is 5.92 Å². The highest BCUT2D eigenvalue weighted by Crippen LogP contribution is 2.48. The van der Waals surface area contributed by atoms with Gasteiger partial charge in [-0.1, -0.05) is 12.1 Å². The molecule has 3 rings (SSSR count). The van der Waals surface area contributed by atoms with E-state index in [9.17, 15) is 9.59 Å². The van der Waals surface area contributed by atoms with Gasteiger partial charge in [0, 0.05) is 5.92 Å². The number of aromatic carboxylic acids is 1. The average Bonchev–Trinajstić information content (AvgIpc) is 3.29. The quantitative estimate of drug-likeness (QED) is 0.850. The summed E-state index contributed by atoms with van der Waals surface area (Å²) in [5.41, 5.74) is 1.22. The van der Waals surface area contributed by atoms with Crippen molar-refractivity contribution in [1.82, 2.24) is 5.32 Å². The number of carboxylic acids is 1. The molecule has 0 aliphatic heterocycles. The number of ether oxygens (including phenoxy) is 1. The van der Waals surface area contributed by atoms with Gasteiger partial charge in [-0.15, -0.1) is 0 Å². The van der Waals surface area contributed by atoms with E-state index < -0.39 is 5.97 Å². The van der Waals surface area contributed by atoms with E-state index in [0.29, 0.717) is 11.5 Å². The van der Waals surface area contributed by atoms with Gasteiger partial charge in [-0.3, -0.25) is 4.79 Å². The van der Waals surface area contributed by atoms with Gasteiger partial charge in [0.05, 0.1) is 13.7 Å². The lowest BCUT2D eigenvalue weighted by Crippen LogP contribution is -2.24. The van der Waals surface area contributed by atoms with E-state index in [2.05, 4.69) is 5.32 Å². The van der Waals surface area contributed by atoms with Crippen molar-refractivity contribution in [3.8, 4) is 5.75 Å². The third kappa shape index (κ3) is 3.27. The highest BCUT2D eigenvalue weighted by Gasteiger charge is 2.43. The van der Waals surface area contributed by atoms with Crippen molar-refractivity contribution in [3.05, 3.63) is 53.0 Å². The molecule has 1 amide bonds. The zero-order valence-electron chi connectivity index (χ0n) is 13.5. The van der Waals surface area contributed by atoms with Gasteiger partial charge in [-0.25, -0.2) is 4.79 Å². The van der Waals surface area contributed by atoms with Crippen LogP contribution in [0, 0.1) is 12.8 Å². The molecule has 0 bridgehead atoms. The van der Waals surface area contributed by atoms with Gasteiger partial charge < -0.3 is 19.6 Å². The maximum Gasteiger partial charge on any atom is 0.339 e. The molecule has 6 nitrogen and oxygen atoms in total. The molecule has 6 heteroatoms. The van der Waals surface area contributed by atoms with Crippen LogP contribution < -0.4 is 10.1 Å². The molecule has 24 heavy (non-hydrogen) atoms. The first-order valence-electron chi connectivity index (χ1n) is 7.74. The minimum absolute atomic E-state index is 0.0475. The summed E-state index contributed by atoms with van der Waals surface area (Å²) >= 11 is 0. The largest absolute Gasteiger partial charge is 0.497 e. The number of carbonyl (C=O) groups excluding carboxylic acids is 1. The zero-order chi connectivity index (χ0) is 17.3. The molecule has 2 atom stereocenters. The van der Waals surface area contributed by atoms with Gasteiger partial charge in [-0.05, 0) is 43.0 Å². The van der Waals surface area contributed by atoms with E-state index in [1.165, 1.54) is 6.07 Å². The summed E-state index contributed by atoms with van der Waals surface area (Å²) in [5.74, 6) is 0.623. The Bertz CT molecular complexity index is 779. The molecule has 2 unspecified atom stereocenters. The van der Waals surface area contributed by atoms with E-state index in [0.717, 1.165) is 17.7 Å². The maximum absolute atomic E-state index is 12.2. The van der Waals surface area contributed by atoms with Gasteiger partial charge in [0.15, 0.2) is 0 Å². The summed E-state index contributed by atoms with van der Waals surface area (Å²) < 4.78 is 10.6. The lowest BCUT2D eigenvalue weighted by molar-refractivity contribution is -0.122. The number of hydrogen-bond donors (Lipinski definition) is 2. The Labute approximate surface area is 139 Å². The molecule has 0 radical (unpaired) electrons. The van der Waals surface area contributed by atoms with Crippen LogP contribution in [0.4, 0.5) is 0 Å². The Morgan fingerprint density at radius 3 is 2.83 bits per heavy atom. The van der Waals surface area contributed by atoms with Crippen LogP contribution in [0.3, 0.4) is 0 Å². The van der Waals surface area contributed by atoms with Crippen LogP contribution in [-0.2, 0) is 11.3 Å². The fraction of sp³-hybridized carbons (Fsp3) is 0.333. The van der Waals surface area contributed by atoms with Crippen LogP contribution in [0.5, 0.6) is 5.75 Å². The van der Waals surface area contributed by atoms with E-state index in [4.69, 9.17) is 14.3 Å². The van der Waals surface area contributed by atoms with Crippen LogP contribution in [0.25, 0.3) is 0 Å². The van der Waals surface area contributed by atoms with Crippen LogP contribution in [-0.4, -0.2) is 24.1 Å². The Hall–Kier alpha value is -2.76. The molecule has 1 aliphatic carbocycles. The normalized spacial score (nSPS) is 18.9. The van der Waals surface area contributed by atoms with Crippen molar-refractivity contribution in [1.29, 1.82) is 0 Å². The van der Waals surface area contributed by atoms with Gasteiger partial charge in [-0.2, -0.15) is 0 Å². The predicted molar refractivity (Wildman–Crippen MR) is 86.1 cm³/mol. The standard InChI is InChI=1S/C18H19NO5/c1-10-14(18(21)22)7-13(24-10)9-19-17(20)16-8-15(16)11-4-3-5-12(6-11)23-2/h3-7,15-16H,8-9H2,1-2H3,(H,19,20)(H,21,22). The fourth-order valence-electron chi connectivity index (χ4n) is 2.87. The van der Waals surface area contributed by atoms with Gasteiger partial charge in [0.1, 0.15) is 22.8 Å². The number of aryl methyl sites for hydroxylation is 1. The first kappa shape index (κ1) is 16.1. The first-order valence-corrected chi connectivity index (χ1v) is 7.74. The van der Waals surface area contributed by atoms with Crippen molar-refractivity contribution in [2.75, 3.05) is 7.11 Å². The molecule has 1 fully saturated rings. The van der Waals surface area contributed by atoms with Crippen LogP contribution in [0.15, 0.2) is 34.7 Å². The van der Waals surface area contributed by atoms with Gasteiger partial charge in [0.2, 0.25) is 5.91 Å². The number of furan rings is 1. The number of carbonyl (C=O) groups is 2. The highest BCUT2D eigenvalue weighted by molar-refractivity contribution is 5.89.